The zero-order chi connectivity index (χ0) is 16.4. The minimum atomic E-state index is 0.521. The zero-order valence-corrected chi connectivity index (χ0v) is 15.2. The standard InChI is InChI=1S/C21H29N/c1-8-13(3)16(6)18-10-11-19-17(7)15(5)12-22-21(19)20(18)14(4)9-2/h10-12,14H,8-9H2,1-7H3. The van der Waals surface area contributed by atoms with Crippen molar-refractivity contribution in [2.75, 3.05) is 0 Å². The smallest absolute Gasteiger partial charge is 0.0745 e. The van der Waals surface area contributed by atoms with Gasteiger partial charge in [-0.25, -0.2) is 0 Å². The summed E-state index contributed by atoms with van der Waals surface area (Å²) in [4.78, 5) is 4.82. The average molecular weight is 295 g/mol. The zero-order valence-electron chi connectivity index (χ0n) is 15.2. The monoisotopic (exact) mass is 295 g/mol. The normalized spacial score (nSPS) is 14.1. The number of aromatic nitrogens is 1. The van der Waals surface area contributed by atoms with Gasteiger partial charge in [-0.15, -0.1) is 0 Å². The highest BCUT2D eigenvalue weighted by Gasteiger charge is 2.17. The van der Waals surface area contributed by atoms with Gasteiger partial charge in [0.15, 0.2) is 0 Å². The molecule has 0 bridgehead atoms. The third-order valence-corrected chi connectivity index (χ3v) is 5.28. The van der Waals surface area contributed by atoms with Crippen LogP contribution in [-0.2, 0) is 0 Å². The van der Waals surface area contributed by atoms with E-state index in [1.807, 2.05) is 6.20 Å². The molecule has 118 valence electrons. The van der Waals surface area contributed by atoms with Gasteiger partial charge >= 0.3 is 0 Å². The van der Waals surface area contributed by atoms with Gasteiger partial charge in [-0.2, -0.15) is 0 Å². The highest BCUT2D eigenvalue weighted by Crippen LogP contribution is 2.36. The lowest BCUT2D eigenvalue weighted by Crippen LogP contribution is -2.02. The molecule has 2 aromatic rings. The molecule has 0 fully saturated rings. The second-order valence-electron chi connectivity index (χ2n) is 6.56. The van der Waals surface area contributed by atoms with E-state index in [4.69, 9.17) is 4.98 Å². The van der Waals surface area contributed by atoms with Crippen LogP contribution in [0.5, 0.6) is 0 Å². The third-order valence-electron chi connectivity index (χ3n) is 5.28. The highest BCUT2D eigenvalue weighted by molar-refractivity contribution is 5.90. The van der Waals surface area contributed by atoms with E-state index < -0.39 is 0 Å². The number of benzene rings is 1. The van der Waals surface area contributed by atoms with Crippen LogP contribution in [0.1, 0.15) is 75.6 Å². The van der Waals surface area contributed by atoms with Crippen LogP contribution in [0.15, 0.2) is 23.9 Å². The van der Waals surface area contributed by atoms with Crippen molar-refractivity contribution in [1.29, 1.82) is 0 Å². The van der Waals surface area contributed by atoms with Crippen LogP contribution in [0.4, 0.5) is 0 Å². The number of allylic oxidation sites excluding steroid dienone is 2. The van der Waals surface area contributed by atoms with Gasteiger partial charge in [0.25, 0.3) is 0 Å². The van der Waals surface area contributed by atoms with E-state index in [0.717, 1.165) is 12.8 Å². The molecule has 0 aliphatic carbocycles. The fourth-order valence-electron chi connectivity index (χ4n) is 3.05. The number of aryl methyl sites for hydroxylation is 2. The van der Waals surface area contributed by atoms with E-state index in [0.29, 0.717) is 5.92 Å². The Morgan fingerprint density at radius 1 is 1.14 bits per heavy atom. The van der Waals surface area contributed by atoms with E-state index in [-0.39, 0.29) is 0 Å². The predicted molar refractivity (Wildman–Crippen MR) is 98.5 cm³/mol. The van der Waals surface area contributed by atoms with Crippen molar-refractivity contribution in [3.8, 4) is 0 Å². The molecule has 1 aromatic heterocycles. The van der Waals surface area contributed by atoms with Gasteiger partial charge in [0, 0.05) is 11.6 Å². The van der Waals surface area contributed by atoms with E-state index in [1.165, 1.54) is 44.3 Å². The summed E-state index contributed by atoms with van der Waals surface area (Å²) in [6.45, 7) is 15.7. The maximum absolute atomic E-state index is 4.82. The molecule has 0 saturated heterocycles. The second-order valence-corrected chi connectivity index (χ2v) is 6.56. The van der Waals surface area contributed by atoms with Crippen molar-refractivity contribution < 1.29 is 0 Å². The lowest BCUT2D eigenvalue weighted by Gasteiger charge is -2.20. The summed E-state index contributed by atoms with van der Waals surface area (Å²) in [5.41, 5.74) is 9.51. The summed E-state index contributed by atoms with van der Waals surface area (Å²) in [5, 5.41) is 1.31. The van der Waals surface area contributed by atoms with Crippen molar-refractivity contribution in [2.24, 2.45) is 0 Å². The first-order chi connectivity index (χ1) is 10.4. The number of hydrogen-bond acceptors (Lipinski definition) is 1. The maximum atomic E-state index is 4.82. The van der Waals surface area contributed by atoms with Gasteiger partial charge in [0.2, 0.25) is 0 Å². The van der Waals surface area contributed by atoms with Crippen molar-refractivity contribution in [3.05, 3.63) is 46.2 Å². The second kappa shape index (κ2) is 6.64. The molecule has 22 heavy (non-hydrogen) atoms. The molecule has 0 radical (unpaired) electrons. The Hall–Kier alpha value is -1.63. The van der Waals surface area contributed by atoms with Crippen molar-refractivity contribution in [3.63, 3.8) is 0 Å². The van der Waals surface area contributed by atoms with E-state index >= 15 is 0 Å². The first-order valence-electron chi connectivity index (χ1n) is 8.47. The first kappa shape index (κ1) is 16.7. The summed E-state index contributed by atoms with van der Waals surface area (Å²) in [7, 11) is 0. The number of hydrogen-bond donors (Lipinski definition) is 0. The van der Waals surface area contributed by atoms with Crippen LogP contribution in [-0.4, -0.2) is 4.98 Å². The van der Waals surface area contributed by atoms with Crippen molar-refractivity contribution in [1.82, 2.24) is 4.98 Å². The molecule has 0 spiro atoms. The Balaban J connectivity index is 2.87. The van der Waals surface area contributed by atoms with Crippen LogP contribution in [0, 0.1) is 13.8 Å². The molecule has 0 amide bonds. The Bertz CT molecular complexity index is 722. The molecule has 1 nitrogen and oxygen atoms in total. The number of fused-ring (bicyclic) bond motifs is 1. The molecule has 0 N–H and O–H groups in total. The minimum Gasteiger partial charge on any atom is -0.256 e. The van der Waals surface area contributed by atoms with E-state index in [9.17, 15) is 0 Å². The average Bonchev–Trinajstić information content (AvgIpc) is 2.55. The first-order valence-corrected chi connectivity index (χ1v) is 8.47. The SMILES string of the molecule is CCC(C)=C(C)c1ccc2c(C)c(C)cnc2c1C(C)CC. The van der Waals surface area contributed by atoms with Gasteiger partial charge in [0.05, 0.1) is 5.52 Å². The third kappa shape index (κ3) is 2.82. The van der Waals surface area contributed by atoms with Gasteiger partial charge in [-0.3, -0.25) is 4.98 Å². The molecular weight excluding hydrogens is 266 g/mol. The Morgan fingerprint density at radius 3 is 2.41 bits per heavy atom. The van der Waals surface area contributed by atoms with Crippen LogP contribution in [0.2, 0.25) is 0 Å². The Morgan fingerprint density at radius 2 is 1.82 bits per heavy atom. The van der Waals surface area contributed by atoms with Gasteiger partial charge in [0.1, 0.15) is 0 Å². The molecule has 0 aliphatic heterocycles. The van der Waals surface area contributed by atoms with Crippen molar-refractivity contribution in [2.45, 2.75) is 67.2 Å². The summed E-state index contributed by atoms with van der Waals surface area (Å²) in [6, 6.07) is 4.57. The largest absolute Gasteiger partial charge is 0.256 e. The highest BCUT2D eigenvalue weighted by atomic mass is 14.7. The van der Waals surface area contributed by atoms with Crippen LogP contribution >= 0.6 is 0 Å². The molecular formula is C21H29N. The van der Waals surface area contributed by atoms with Crippen LogP contribution < -0.4 is 0 Å². The summed E-state index contributed by atoms with van der Waals surface area (Å²) < 4.78 is 0. The Labute approximate surface area is 135 Å². The maximum Gasteiger partial charge on any atom is 0.0745 e. The summed E-state index contributed by atoms with van der Waals surface area (Å²) in [5.74, 6) is 0.521. The summed E-state index contributed by atoms with van der Waals surface area (Å²) in [6.07, 6.45) is 4.27. The van der Waals surface area contributed by atoms with Crippen LogP contribution in [0.3, 0.4) is 0 Å². The Kier molecular flexibility index (Phi) is 5.05. The van der Waals surface area contributed by atoms with E-state index in [2.05, 4.69) is 60.6 Å². The van der Waals surface area contributed by atoms with Gasteiger partial charge < -0.3 is 0 Å². The minimum absolute atomic E-state index is 0.521. The lowest BCUT2D eigenvalue weighted by molar-refractivity contribution is 0.735. The molecule has 1 heterocycles. The quantitative estimate of drug-likeness (QED) is 0.621. The molecule has 1 aromatic carbocycles. The van der Waals surface area contributed by atoms with Crippen LogP contribution in [0.25, 0.3) is 16.5 Å². The number of rotatable bonds is 4. The predicted octanol–water partition coefficient (Wildman–Crippen LogP) is 6.57. The molecule has 1 unspecified atom stereocenters. The lowest BCUT2D eigenvalue weighted by atomic mass is 9.85. The van der Waals surface area contributed by atoms with Gasteiger partial charge in [-0.05, 0) is 74.3 Å². The van der Waals surface area contributed by atoms with E-state index in [1.54, 1.807) is 0 Å². The van der Waals surface area contributed by atoms with Gasteiger partial charge in [-0.1, -0.05) is 38.5 Å². The topological polar surface area (TPSA) is 12.9 Å². The molecule has 0 aliphatic rings. The molecule has 2 rings (SSSR count). The number of nitrogens with zero attached hydrogens (tertiary/aromatic N) is 1. The van der Waals surface area contributed by atoms with Crippen molar-refractivity contribution >= 4 is 16.5 Å². The molecule has 1 heteroatoms. The fourth-order valence-corrected chi connectivity index (χ4v) is 3.05. The molecule has 0 saturated carbocycles. The molecule has 1 atom stereocenters. The summed E-state index contributed by atoms with van der Waals surface area (Å²) >= 11 is 0. The number of pyridine rings is 1. The fraction of sp³-hybridized carbons (Fsp3) is 0.476.